The molecule has 0 radical (unpaired) electrons. The van der Waals surface area contributed by atoms with Crippen molar-refractivity contribution >= 4 is 27.3 Å². The summed E-state index contributed by atoms with van der Waals surface area (Å²) in [5.41, 5.74) is 2.75. The van der Waals surface area contributed by atoms with Crippen LogP contribution in [0.1, 0.15) is 29.5 Å². The molecule has 6 heteroatoms. The van der Waals surface area contributed by atoms with Gasteiger partial charge in [0.25, 0.3) is 5.69 Å². The lowest BCUT2D eigenvalue weighted by Gasteiger charge is -2.37. The Morgan fingerprint density at radius 1 is 1.28 bits per heavy atom. The lowest BCUT2D eigenvalue weighted by Crippen LogP contribution is -2.29. The fourth-order valence-corrected chi connectivity index (χ4v) is 4.18. The van der Waals surface area contributed by atoms with Gasteiger partial charge in [-0.25, -0.2) is 0 Å². The molecule has 2 aliphatic rings. The summed E-state index contributed by atoms with van der Waals surface area (Å²) in [5, 5.41) is 15.1. The minimum absolute atomic E-state index is 0.0349. The average molecular weight is 401 g/mol. The summed E-state index contributed by atoms with van der Waals surface area (Å²) >= 11 is 3.46. The van der Waals surface area contributed by atoms with E-state index in [4.69, 9.17) is 4.74 Å². The second kappa shape index (κ2) is 6.19. The number of anilines is 1. The molecule has 1 aliphatic carbocycles. The highest BCUT2D eigenvalue weighted by Crippen LogP contribution is 2.53. The Bertz CT molecular complexity index is 864. The van der Waals surface area contributed by atoms with Gasteiger partial charge in [0.2, 0.25) is 0 Å². The van der Waals surface area contributed by atoms with Crippen LogP contribution in [-0.4, -0.2) is 12.0 Å². The van der Waals surface area contributed by atoms with Crippen LogP contribution in [0.5, 0.6) is 5.75 Å². The molecule has 3 atom stereocenters. The van der Waals surface area contributed by atoms with Crippen LogP contribution >= 0.6 is 15.9 Å². The van der Waals surface area contributed by atoms with Gasteiger partial charge in [0.05, 0.1) is 24.1 Å². The van der Waals surface area contributed by atoms with Crippen LogP contribution in [0.2, 0.25) is 0 Å². The van der Waals surface area contributed by atoms with Gasteiger partial charge >= 0.3 is 0 Å². The van der Waals surface area contributed by atoms with Crippen molar-refractivity contribution in [2.45, 2.75) is 18.4 Å². The predicted molar refractivity (Wildman–Crippen MR) is 100 cm³/mol. The summed E-state index contributed by atoms with van der Waals surface area (Å²) in [4.78, 5) is 11.3. The van der Waals surface area contributed by atoms with Crippen molar-refractivity contribution in [2.24, 2.45) is 5.92 Å². The summed E-state index contributed by atoms with van der Waals surface area (Å²) in [6.45, 7) is 0. The van der Waals surface area contributed by atoms with Crippen LogP contribution in [0.15, 0.2) is 53.0 Å². The van der Waals surface area contributed by atoms with Gasteiger partial charge < -0.3 is 10.1 Å². The Labute approximate surface area is 154 Å². The number of halogens is 1. The Hall–Kier alpha value is -2.34. The number of benzene rings is 2. The van der Waals surface area contributed by atoms with Crippen LogP contribution in [-0.2, 0) is 0 Å². The number of hydrogen-bond donors (Lipinski definition) is 1. The molecular weight excluding hydrogens is 384 g/mol. The zero-order valence-electron chi connectivity index (χ0n) is 13.6. The van der Waals surface area contributed by atoms with Crippen LogP contribution in [0.4, 0.5) is 11.4 Å². The topological polar surface area (TPSA) is 64.4 Å². The quantitative estimate of drug-likeness (QED) is 0.437. The molecule has 25 heavy (non-hydrogen) atoms. The van der Waals surface area contributed by atoms with Gasteiger partial charge in [0, 0.05) is 10.4 Å². The average Bonchev–Trinajstić information content (AvgIpc) is 3.10. The van der Waals surface area contributed by atoms with Gasteiger partial charge in [-0.2, -0.15) is 0 Å². The van der Waals surface area contributed by atoms with Gasteiger partial charge in [-0.3, -0.25) is 10.1 Å². The molecular formula is C19H17BrN2O3. The summed E-state index contributed by atoms with van der Waals surface area (Å²) < 4.78 is 6.30. The zero-order chi connectivity index (χ0) is 17.6. The number of nitrogens with zero attached hydrogens (tertiary/aromatic N) is 1. The Balaban J connectivity index is 1.85. The fraction of sp³-hybridized carbons (Fsp3) is 0.263. The summed E-state index contributed by atoms with van der Waals surface area (Å²) in [7, 11) is 1.54. The molecule has 1 heterocycles. The lowest BCUT2D eigenvalue weighted by molar-refractivity contribution is -0.384. The van der Waals surface area contributed by atoms with E-state index in [1.54, 1.807) is 0 Å². The molecule has 2 aromatic rings. The molecule has 128 valence electrons. The van der Waals surface area contributed by atoms with Crippen LogP contribution in [0.3, 0.4) is 0 Å². The van der Waals surface area contributed by atoms with E-state index in [1.807, 2.05) is 18.2 Å². The molecule has 2 aromatic carbocycles. The molecule has 0 saturated carbocycles. The molecule has 1 aliphatic heterocycles. The summed E-state index contributed by atoms with van der Waals surface area (Å²) in [6.07, 6.45) is 5.28. The molecule has 0 saturated heterocycles. The van der Waals surface area contributed by atoms with Crippen molar-refractivity contribution in [3.05, 3.63) is 74.3 Å². The van der Waals surface area contributed by atoms with Crippen LogP contribution < -0.4 is 10.1 Å². The molecule has 0 fully saturated rings. The fourth-order valence-electron chi connectivity index (χ4n) is 3.92. The number of nitro benzene ring substituents is 1. The first-order chi connectivity index (χ1) is 12.1. The van der Waals surface area contributed by atoms with E-state index in [0.717, 1.165) is 22.0 Å². The van der Waals surface area contributed by atoms with E-state index in [2.05, 4.69) is 45.5 Å². The smallest absolute Gasteiger partial charge is 0.296 e. The highest BCUT2D eigenvalue weighted by atomic mass is 79.9. The SMILES string of the molecule is COc1cc2c(c([N+](=O)[O-])c1)N[C@@H](c1ccc(Br)cc1)[C@H]1CC=C[C@H]21. The van der Waals surface area contributed by atoms with E-state index in [1.165, 1.54) is 13.2 Å². The zero-order valence-corrected chi connectivity index (χ0v) is 15.2. The minimum atomic E-state index is -0.341. The second-order valence-corrected chi connectivity index (χ2v) is 7.31. The monoisotopic (exact) mass is 400 g/mol. The third-order valence-electron chi connectivity index (χ3n) is 5.08. The molecule has 4 rings (SSSR count). The molecule has 0 amide bonds. The molecule has 5 nitrogen and oxygen atoms in total. The van der Waals surface area contributed by atoms with E-state index >= 15 is 0 Å². The first-order valence-corrected chi connectivity index (χ1v) is 8.93. The lowest BCUT2D eigenvalue weighted by atomic mass is 9.76. The third-order valence-corrected chi connectivity index (χ3v) is 5.61. The number of allylic oxidation sites excluding steroid dienone is 2. The predicted octanol–water partition coefficient (Wildman–Crippen LogP) is 5.19. The number of nitrogens with one attached hydrogen (secondary N) is 1. The number of ether oxygens (including phenoxy) is 1. The summed E-state index contributed by atoms with van der Waals surface area (Å²) in [5.74, 6) is 1.01. The highest BCUT2D eigenvalue weighted by Gasteiger charge is 2.41. The molecule has 0 aromatic heterocycles. The maximum atomic E-state index is 11.6. The van der Waals surface area contributed by atoms with Crippen LogP contribution in [0.25, 0.3) is 0 Å². The van der Waals surface area contributed by atoms with Crippen molar-refractivity contribution in [1.29, 1.82) is 0 Å². The molecule has 0 spiro atoms. The van der Waals surface area contributed by atoms with Gasteiger partial charge in [0.15, 0.2) is 0 Å². The van der Waals surface area contributed by atoms with E-state index in [-0.39, 0.29) is 22.6 Å². The van der Waals surface area contributed by atoms with Crippen molar-refractivity contribution in [1.82, 2.24) is 0 Å². The Morgan fingerprint density at radius 2 is 2.04 bits per heavy atom. The van der Waals surface area contributed by atoms with Crippen molar-refractivity contribution in [3.63, 3.8) is 0 Å². The standard InChI is InChI=1S/C19H17BrN2O3/c1-25-13-9-16-14-3-2-4-15(14)18(11-5-7-12(20)8-6-11)21-19(16)17(10-13)22(23)24/h2-3,5-10,14-15,18,21H,4H2,1H3/t14-,15-,18-/m0/s1. The molecule has 1 N–H and O–H groups in total. The van der Waals surface area contributed by atoms with Crippen molar-refractivity contribution in [3.8, 4) is 5.75 Å². The normalized spacial score (nSPS) is 23.5. The van der Waals surface area contributed by atoms with E-state index in [0.29, 0.717) is 17.4 Å². The maximum absolute atomic E-state index is 11.6. The Morgan fingerprint density at radius 3 is 2.72 bits per heavy atom. The van der Waals surface area contributed by atoms with Crippen molar-refractivity contribution in [2.75, 3.05) is 12.4 Å². The number of fused-ring (bicyclic) bond motifs is 3. The number of methoxy groups -OCH3 is 1. The first kappa shape index (κ1) is 16.1. The second-order valence-electron chi connectivity index (χ2n) is 6.39. The van der Waals surface area contributed by atoms with Gasteiger partial charge in [0.1, 0.15) is 11.4 Å². The largest absolute Gasteiger partial charge is 0.496 e. The summed E-state index contributed by atoms with van der Waals surface area (Å²) in [6, 6.07) is 11.6. The highest BCUT2D eigenvalue weighted by molar-refractivity contribution is 9.10. The third kappa shape index (κ3) is 2.70. The van der Waals surface area contributed by atoms with E-state index < -0.39 is 0 Å². The minimum Gasteiger partial charge on any atom is -0.496 e. The molecule has 0 unspecified atom stereocenters. The van der Waals surface area contributed by atoms with Gasteiger partial charge in [-0.15, -0.1) is 0 Å². The van der Waals surface area contributed by atoms with Gasteiger partial charge in [-0.05, 0) is 41.7 Å². The first-order valence-electron chi connectivity index (χ1n) is 8.13. The van der Waals surface area contributed by atoms with Crippen LogP contribution in [0, 0.1) is 16.0 Å². The number of nitro groups is 1. The Kier molecular flexibility index (Phi) is 4.00. The van der Waals surface area contributed by atoms with Crippen molar-refractivity contribution < 1.29 is 9.66 Å². The number of hydrogen-bond acceptors (Lipinski definition) is 4. The van der Waals surface area contributed by atoms with E-state index in [9.17, 15) is 10.1 Å². The number of rotatable bonds is 3. The van der Waals surface area contributed by atoms with Gasteiger partial charge in [-0.1, -0.05) is 40.2 Å². The maximum Gasteiger partial charge on any atom is 0.296 e. The molecule has 0 bridgehead atoms.